The first-order chi connectivity index (χ1) is 6.73. The molecule has 0 aliphatic heterocycles. The first-order valence-corrected chi connectivity index (χ1v) is 6.27. The smallest absolute Gasteiger partial charge is 0.422 e. The number of rotatable bonds is 5. The Balaban J connectivity index is 4.09. The van der Waals surface area contributed by atoms with E-state index in [1.807, 2.05) is 0 Å². The van der Waals surface area contributed by atoms with Gasteiger partial charge < -0.3 is 4.74 Å². The van der Waals surface area contributed by atoms with Crippen molar-refractivity contribution in [3.63, 3.8) is 0 Å². The summed E-state index contributed by atoms with van der Waals surface area (Å²) in [5, 5.41) is -0.359. The van der Waals surface area contributed by atoms with E-state index in [4.69, 9.17) is 11.6 Å². The van der Waals surface area contributed by atoms with Crippen LogP contribution in [0, 0.1) is 0 Å². The fraction of sp³-hybridized carbons (Fsp3) is 0.857. The van der Waals surface area contributed by atoms with Gasteiger partial charge >= 0.3 is 16.3 Å². The van der Waals surface area contributed by atoms with Crippen LogP contribution in [0.3, 0.4) is 0 Å². The van der Waals surface area contributed by atoms with Crippen LogP contribution < -0.4 is 9.44 Å². The van der Waals surface area contributed by atoms with E-state index in [-0.39, 0.29) is 18.0 Å². The second-order valence-corrected chi connectivity index (χ2v) is 5.43. The highest BCUT2D eigenvalue weighted by atomic mass is 35.5. The van der Waals surface area contributed by atoms with Crippen molar-refractivity contribution in [3.05, 3.63) is 0 Å². The molecular weight excluding hydrogens is 244 g/mol. The summed E-state index contributed by atoms with van der Waals surface area (Å²) >= 11 is 5.53. The maximum absolute atomic E-state index is 11.1. The van der Waals surface area contributed by atoms with Gasteiger partial charge in [-0.1, -0.05) is 0 Å². The summed E-state index contributed by atoms with van der Waals surface area (Å²) in [4.78, 5) is 10.9. The first kappa shape index (κ1) is 14.5. The number of hydrogen-bond acceptors (Lipinski definition) is 4. The van der Waals surface area contributed by atoms with Gasteiger partial charge in [-0.15, -0.1) is 11.6 Å². The number of carbonyl (C=O) groups is 1. The Hall–Kier alpha value is -0.530. The van der Waals surface area contributed by atoms with Gasteiger partial charge in [0.2, 0.25) is 0 Å². The molecule has 0 aromatic heterocycles. The first-order valence-electron chi connectivity index (χ1n) is 4.35. The second-order valence-electron chi connectivity index (χ2n) is 3.19. The molecule has 0 aromatic rings. The number of carbonyl (C=O) groups excluding carboxylic acids is 1. The van der Waals surface area contributed by atoms with Gasteiger partial charge in [-0.2, -0.15) is 13.1 Å². The molecule has 2 N–H and O–H groups in total. The zero-order chi connectivity index (χ0) is 12.1. The van der Waals surface area contributed by atoms with Crippen molar-refractivity contribution in [1.29, 1.82) is 0 Å². The van der Waals surface area contributed by atoms with Crippen LogP contribution in [0.4, 0.5) is 4.79 Å². The molecule has 0 saturated heterocycles. The Bertz CT molecular complexity index is 302. The van der Waals surface area contributed by atoms with Crippen LogP contribution in [0.2, 0.25) is 0 Å². The zero-order valence-corrected chi connectivity index (χ0v) is 10.4. The number of nitrogens with one attached hydrogen (secondary N) is 2. The monoisotopic (exact) mass is 258 g/mol. The van der Waals surface area contributed by atoms with Crippen molar-refractivity contribution in [2.45, 2.75) is 32.3 Å². The second kappa shape index (κ2) is 6.14. The molecule has 1 atom stereocenters. The average molecular weight is 259 g/mol. The zero-order valence-electron chi connectivity index (χ0n) is 8.78. The number of halogens is 1. The van der Waals surface area contributed by atoms with Crippen molar-refractivity contribution in [3.8, 4) is 0 Å². The molecule has 15 heavy (non-hydrogen) atoms. The Kier molecular flexibility index (Phi) is 5.92. The summed E-state index contributed by atoms with van der Waals surface area (Å²) in [6, 6.07) is 0. The predicted molar refractivity (Wildman–Crippen MR) is 57.0 cm³/mol. The lowest BCUT2D eigenvalue weighted by molar-refractivity contribution is 0.121. The summed E-state index contributed by atoms with van der Waals surface area (Å²) in [7, 11) is -3.88. The minimum Gasteiger partial charge on any atom is -0.446 e. The van der Waals surface area contributed by atoms with Crippen LogP contribution in [-0.2, 0) is 14.9 Å². The van der Waals surface area contributed by atoms with Gasteiger partial charge in [0.1, 0.15) is 0 Å². The van der Waals surface area contributed by atoms with Crippen LogP contribution in [0.15, 0.2) is 0 Å². The van der Waals surface area contributed by atoms with E-state index in [2.05, 4.69) is 9.46 Å². The molecule has 0 aliphatic rings. The van der Waals surface area contributed by atoms with Crippen molar-refractivity contribution >= 4 is 27.9 Å². The van der Waals surface area contributed by atoms with Gasteiger partial charge in [0.15, 0.2) is 0 Å². The van der Waals surface area contributed by atoms with E-state index < -0.39 is 16.3 Å². The maximum atomic E-state index is 11.1. The van der Waals surface area contributed by atoms with Crippen molar-refractivity contribution in [2.75, 3.05) is 6.54 Å². The van der Waals surface area contributed by atoms with Gasteiger partial charge in [0, 0.05) is 11.9 Å². The summed E-state index contributed by atoms with van der Waals surface area (Å²) < 4.78 is 30.7. The van der Waals surface area contributed by atoms with E-state index in [0.717, 1.165) is 0 Å². The summed E-state index contributed by atoms with van der Waals surface area (Å²) in [5.41, 5.74) is 0. The fourth-order valence-electron chi connectivity index (χ4n) is 0.608. The Morgan fingerprint density at radius 3 is 2.33 bits per heavy atom. The predicted octanol–water partition coefficient (Wildman–Crippen LogP) is 0.583. The third-order valence-electron chi connectivity index (χ3n) is 1.12. The molecule has 6 nitrogen and oxygen atoms in total. The third kappa shape index (κ3) is 8.46. The minimum atomic E-state index is -3.88. The van der Waals surface area contributed by atoms with Crippen LogP contribution in [0.1, 0.15) is 20.8 Å². The summed E-state index contributed by atoms with van der Waals surface area (Å²) in [6.07, 6.45) is -1.40. The molecule has 0 heterocycles. The molecular formula is C7H15ClN2O4S. The molecule has 1 amide bonds. The molecule has 0 rings (SSSR count). The fourth-order valence-corrected chi connectivity index (χ4v) is 1.59. The highest BCUT2D eigenvalue weighted by molar-refractivity contribution is 7.88. The number of alkyl halides is 1. The topological polar surface area (TPSA) is 84.5 Å². The Morgan fingerprint density at radius 1 is 1.40 bits per heavy atom. The lowest BCUT2D eigenvalue weighted by Gasteiger charge is -2.11. The van der Waals surface area contributed by atoms with Crippen LogP contribution in [0.5, 0.6) is 0 Å². The van der Waals surface area contributed by atoms with Gasteiger partial charge in [-0.05, 0) is 20.8 Å². The van der Waals surface area contributed by atoms with E-state index in [0.29, 0.717) is 0 Å². The van der Waals surface area contributed by atoms with Crippen LogP contribution >= 0.6 is 11.6 Å². The molecule has 0 saturated carbocycles. The highest BCUT2D eigenvalue weighted by Crippen LogP contribution is 1.93. The summed E-state index contributed by atoms with van der Waals surface area (Å²) in [5.74, 6) is 0. The van der Waals surface area contributed by atoms with Gasteiger partial charge in [-0.25, -0.2) is 9.52 Å². The van der Waals surface area contributed by atoms with Crippen LogP contribution in [-0.4, -0.2) is 32.5 Å². The van der Waals surface area contributed by atoms with E-state index in [9.17, 15) is 13.2 Å². The molecule has 0 spiro atoms. The third-order valence-corrected chi connectivity index (χ3v) is 2.25. The quantitative estimate of drug-likeness (QED) is 0.707. The minimum absolute atomic E-state index is 0.0336. The standard InChI is InChI=1S/C7H15ClN2O4S/c1-5(2)14-7(11)10-15(12,13)9-4-6(3)8/h5-6,9H,4H2,1-3H3,(H,10,11). The maximum Gasteiger partial charge on any atom is 0.422 e. The molecule has 0 aromatic carbocycles. The van der Waals surface area contributed by atoms with Crippen LogP contribution in [0.25, 0.3) is 0 Å². The van der Waals surface area contributed by atoms with E-state index in [1.54, 1.807) is 25.5 Å². The molecule has 8 heteroatoms. The van der Waals surface area contributed by atoms with E-state index in [1.165, 1.54) is 0 Å². The van der Waals surface area contributed by atoms with Crippen molar-refractivity contribution in [1.82, 2.24) is 9.44 Å². The number of hydrogen-bond donors (Lipinski definition) is 2. The molecule has 0 bridgehead atoms. The molecule has 0 radical (unpaired) electrons. The van der Waals surface area contributed by atoms with Gasteiger partial charge in [0.25, 0.3) is 0 Å². The molecule has 90 valence electrons. The number of ether oxygens (including phenoxy) is 1. The number of amides is 1. The van der Waals surface area contributed by atoms with Crippen molar-refractivity contribution < 1.29 is 17.9 Å². The average Bonchev–Trinajstić information content (AvgIpc) is 1.98. The molecule has 0 aliphatic carbocycles. The van der Waals surface area contributed by atoms with Gasteiger partial charge in [0.05, 0.1) is 6.10 Å². The highest BCUT2D eigenvalue weighted by Gasteiger charge is 2.16. The van der Waals surface area contributed by atoms with E-state index >= 15 is 0 Å². The normalized spacial score (nSPS) is 13.7. The lowest BCUT2D eigenvalue weighted by Crippen LogP contribution is -2.42. The van der Waals surface area contributed by atoms with Gasteiger partial charge in [-0.3, -0.25) is 0 Å². The SMILES string of the molecule is CC(Cl)CNS(=O)(=O)NC(=O)OC(C)C. The Morgan fingerprint density at radius 2 is 1.93 bits per heavy atom. The largest absolute Gasteiger partial charge is 0.446 e. The van der Waals surface area contributed by atoms with Crippen molar-refractivity contribution in [2.24, 2.45) is 0 Å². The Labute approximate surface area is 94.5 Å². The molecule has 1 unspecified atom stereocenters. The molecule has 0 fully saturated rings. The summed E-state index contributed by atoms with van der Waals surface area (Å²) in [6.45, 7) is 4.88. The lowest BCUT2D eigenvalue weighted by atomic mass is 10.5.